The molecule has 0 aromatic rings. The Hall–Kier alpha value is -0.160. The lowest BCUT2D eigenvalue weighted by Crippen LogP contribution is -2.44. The molecule has 3 unspecified atom stereocenters. The highest BCUT2D eigenvalue weighted by atomic mass is 16.3. The Kier molecular flexibility index (Phi) is 7.44. The van der Waals surface area contributed by atoms with Gasteiger partial charge in [0.15, 0.2) is 0 Å². The average Bonchev–Trinajstić information content (AvgIpc) is 2.69. The van der Waals surface area contributed by atoms with E-state index in [1.807, 2.05) is 0 Å². The van der Waals surface area contributed by atoms with Gasteiger partial charge in [0.05, 0.1) is 6.61 Å². The molecule has 1 aliphatic heterocycles. The molecule has 0 bridgehead atoms. The number of aliphatic hydroxyl groups is 1. The van der Waals surface area contributed by atoms with Gasteiger partial charge >= 0.3 is 0 Å². The first-order valence-corrected chi connectivity index (χ1v) is 9.04. The van der Waals surface area contributed by atoms with Crippen LogP contribution in [0.5, 0.6) is 0 Å². The minimum Gasteiger partial charge on any atom is -0.395 e. The molecule has 4 nitrogen and oxygen atoms in total. The van der Waals surface area contributed by atoms with E-state index in [1.54, 1.807) is 0 Å². The van der Waals surface area contributed by atoms with Crippen molar-refractivity contribution >= 4 is 0 Å². The summed E-state index contributed by atoms with van der Waals surface area (Å²) >= 11 is 0. The van der Waals surface area contributed by atoms with Gasteiger partial charge in [0.1, 0.15) is 0 Å². The van der Waals surface area contributed by atoms with E-state index in [2.05, 4.69) is 16.7 Å². The SMILES string of the molecule is CCCC1CCC(N)C(CN2CCCN(CCO)CC2)C1. The van der Waals surface area contributed by atoms with Gasteiger partial charge in [-0.1, -0.05) is 19.8 Å². The number of rotatable bonds is 6. The Morgan fingerprint density at radius 3 is 2.62 bits per heavy atom. The smallest absolute Gasteiger partial charge is 0.0558 e. The van der Waals surface area contributed by atoms with Gasteiger partial charge in [-0.05, 0) is 50.6 Å². The van der Waals surface area contributed by atoms with Gasteiger partial charge in [0.25, 0.3) is 0 Å². The van der Waals surface area contributed by atoms with Crippen molar-refractivity contribution in [2.45, 2.75) is 51.5 Å². The molecule has 3 atom stereocenters. The molecule has 21 heavy (non-hydrogen) atoms. The maximum Gasteiger partial charge on any atom is 0.0558 e. The summed E-state index contributed by atoms with van der Waals surface area (Å²) < 4.78 is 0. The second-order valence-corrected chi connectivity index (χ2v) is 7.11. The Morgan fingerprint density at radius 2 is 1.86 bits per heavy atom. The summed E-state index contributed by atoms with van der Waals surface area (Å²) in [6.45, 7) is 9.17. The van der Waals surface area contributed by atoms with E-state index in [9.17, 15) is 0 Å². The van der Waals surface area contributed by atoms with Crippen LogP contribution in [-0.4, -0.2) is 66.8 Å². The standard InChI is InChI=1S/C17H35N3O/c1-2-4-15-5-6-17(18)16(13-15)14-20-8-3-7-19(9-10-20)11-12-21/h15-17,21H,2-14,18H2,1H3. The maximum atomic E-state index is 9.08. The van der Waals surface area contributed by atoms with Crippen molar-refractivity contribution in [2.24, 2.45) is 17.6 Å². The van der Waals surface area contributed by atoms with Crippen molar-refractivity contribution in [3.8, 4) is 0 Å². The third-order valence-corrected chi connectivity index (χ3v) is 5.44. The minimum absolute atomic E-state index is 0.284. The van der Waals surface area contributed by atoms with Gasteiger partial charge in [-0.25, -0.2) is 0 Å². The van der Waals surface area contributed by atoms with Crippen LogP contribution in [0.1, 0.15) is 45.4 Å². The van der Waals surface area contributed by atoms with E-state index in [0.717, 1.165) is 32.1 Å². The zero-order chi connectivity index (χ0) is 15.1. The van der Waals surface area contributed by atoms with Crippen LogP contribution < -0.4 is 5.73 Å². The van der Waals surface area contributed by atoms with Gasteiger partial charge in [0, 0.05) is 32.2 Å². The first-order valence-electron chi connectivity index (χ1n) is 9.04. The van der Waals surface area contributed by atoms with Crippen LogP contribution in [0.25, 0.3) is 0 Å². The molecule has 1 saturated carbocycles. The molecule has 0 amide bonds. The third kappa shape index (κ3) is 5.51. The number of β-amino-alcohol motifs (C(OH)–C–C–N with tert-alkyl or cyclic N) is 1. The summed E-state index contributed by atoms with van der Waals surface area (Å²) in [5.74, 6) is 1.61. The summed E-state index contributed by atoms with van der Waals surface area (Å²) in [5.41, 5.74) is 6.40. The highest BCUT2D eigenvalue weighted by molar-refractivity contribution is 4.85. The molecule has 1 saturated heterocycles. The van der Waals surface area contributed by atoms with E-state index in [-0.39, 0.29) is 6.61 Å². The average molecular weight is 297 g/mol. The zero-order valence-electron chi connectivity index (χ0n) is 13.8. The predicted molar refractivity (Wildman–Crippen MR) is 88.3 cm³/mol. The Bertz CT molecular complexity index is 287. The van der Waals surface area contributed by atoms with Gasteiger partial charge in [0.2, 0.25) is 0 Å². The van der Waals surface area contributed by atoms with E-state index in [4.69, 9.17) is 10.8 Å². The fraction of sp³-hybridized carbons (Fsp3) is 1.00. The van der Waals surface area contributed by atoms with E-state index in [0.29, 0.717) is 12.0 Å². The van der Waals surface area contributed by atoms with Crippen molar-refractivity contribution in [2.75, 3.05) is 45.9 Å². The van der Waals surface area contributed by atoms with Crippen LogP contribution in [0.4, 0.5) is 0 Å². The second kappa shape index (κ2) is 9.09. The topological polar surface area (TPSA) is 52.7 Å². The number of hydrogen-bond donors (Lipinski definition) is 2. The summed E-state index contributed by atoms with van der Waals surface area (Å²) in [6, 6.07) is 0.412. The fourth-order valence-corrected chi connectivity index (χ4v) is 4.17. The highest BCUT2D eigenvalue weighted by Gasteiger charge is 2.29. The van der Waals surface area contributed by atoms with Crippen LogP contribution >= 0.6 is 0 Å². The molecule has 124 valence electrons. The molecule has 0 aromatic heterocycles. The number of hydrogen-bond acceptors (Lipinski definition) is 4. The molecule has 0 radical (unpaired) electrons. The van der Waals surface area contributed by atoms with Crippen LogP contribution in [0.2, 0.25) is 0 Å². The lowest BCUT2D eigenvalue weighted by Gasteiger charge is -2.37. The lowest BCUT2D eigenvalue weighted by molar-refractivity contribution is 0.150. The quantitative estimate of drug-likeness (QED) is 0.781. The Balaban J connectivity index is 1.79. The van der Waals surface area contributed by atoms with Crippen LogP contribution in [0.3, 0.4) is 0 Å². The van der Waals surface area contributed by atoms with Gasteiger partial charge in [-0.2, -0.15) is 0 Å². The van der Waals surface area contributed by atoms with Crippen LogP contribution in [0, 0.1) is 11.8 Å². The van der Waals surface area contributed by atoms with E-state index < -0.39 is 0 Å². The largest absolute Gasteiger partial charge is 0.395 e. The molecule has 2 aliphatic rings. The monoisotopic (exact) mass is 297 g/mol. The van der Waals surface area contributed by atoms with E-state index >= 15 is 0 Å². The van der Waals surface area contributed by atoms with Crippen molar-refractivity contribution < 1.29 is 5.11 Å². The molecule has 3 N–H and O–H groups in total. The number of nitrogens with two attached hydrogens (primary N) is 1. The van der Waals surface area contributed by atoms with Crippen molar-refractivity contribution in [1.82, 2.24) is 9.80 Å². The highest BCUT2D eigenvalue weighted by Crippen LogP contribution is 2.32. The van der Waals surface area contributed by atoms with Gasteiger partial charge < -0.3 is 15.7 Å². The second-order valence-electron chi connectivity index (χ2n) is 7.11. The predicted octanol–water partition coefficient (Wildman–Crippen LogP) is 1.53. The lowest BCUT2D eigenvalue weighted by atomic mass is 9.76. The minimum atomic E-state index is 0.284. The van der Waals surface area contributed by atoms with Crippen molar-refractivity contribution in [1.29, 1.82) is 0 Å². The van der Waals surface area contributed by atoms with Crippen molar-refractivity contribution in [3.63, 3.8) is 0 Å². The molecule has 1 heterocycles. The molecule has 0 aromatic carbocycles. The molecule has 1 aliphatic carbocycles. The third-order valence-electron chi connectivity index (χ3n) is 5.44. The van der Waals surface area contributed by atoms with Gasteiger partial charge in [-0.15, -0.1) is 0 Å². The summed E-state index contributed by atoms with van der Waals surface area (Å²) in [6.07, 6.45) is 7.82. The summed E-state index contributed by atoms with van der Waals surface area (Å²) in [5, 5.41) is 9.08. The fourth-order valence-electron chi connectivity index (χ4n) is 4.17. The number of aliphatic hydroxyl groups excluding tert-OH is 1. The molecule has 2 fully saturated rings. The first kappa shape index (κ1) is 17.2. The molecule has 2 rings (SSSR count). The summed E-state index contributed by atoms with van der Waals surface area (Å²) in [4.78, 5) is 5.01. The molecular weight excluding hydrogens is 262 g/mol. The Morgan fingerprint density at radius 1 is 1.10 bits per heavy atom. The van der Waals surface area contributed by atoms with Crippen LogP contribution in [0.15, 0.2) is 0 Å². The van der Waals surface area contributed by atoms with E-state index in [1.165, 1.54) is 51.6 Å². The summed E-state index contributed by atoms with van der Waals surface area (Å²) in [7, 11) is 0. The van der Waals surface area contributed by atoms with Gasteiger partial charge in [-0.3, -0.25) is 4.90 Å². The Labute approximate surface area is 130 Å². The molecule has 4 heteroatoms. The first-order chi connectivity index (χ1) is 10.2. The maximum absolute atomic E-state index is 9.08. The molecule has 0 spiro atoms. The zero-order valence-corrected chi connectivity index (χ0v) is 13.8. The number of nitrogens with zero attached hydrogens (tertiary/aromatic N) is 2. The molecular formula is C17H35N3O. The van der Waals surface area contributed by atoms with Crippen LogP contribution in [-0.2, 0) is 0 Å². The van der Waals surface area contributed by atoms with Crippen molar-refractivity contribution in [3.05, 3.63) is 0 Å². The normalized spacial score (nSPS) is 33.0.